The van der Waals surface area contributed by atoms with Gasteiger partial charge in [0.15, 0.2) is 0 Å². The molecule has 0 spiro atoms. The summed E-state index contributed by atoms with van der Waals surface area (Å²) in [5, 5.41) is 1.46. The summed E-state index contributed by atoms with van der Waals surface area (Å²) in [5.74, 6) is 0. The van der Waals surface area contributed by atoms with Crippen LogP contribution in [0.1, 0.15) is 13.8 Å². The average molecular weight is 194 g/mol. The molecule has 0 unspecified atom stereocenters. The van der Waals surface area contributed by atoms with Crippen LogP contribution in [0.4, 0.5) is 0 Å². The van der Waals surface area contributed by atoms with Crippen LogP contribution in [0.15, 0.2) is 18.3 Å². The van der Waals surface area contributed by atoms with Crippen LogP contribution < -0.4 is 5.32 Å². The predicted octanol–water partition coefficient (Wildman–Crippen LogP) is 1.84. The van der Waals surface area contributed by atoms with Crippen LogP contribution in [0, 0.1) is 0 Å². The molecule has 0 bridgehead atoms. The molecule has 0 aromatic carbocycles. The molecule has 3 heteroatoms. The fraction of sp³-hybridized carbons (Fsp3) is 0.556. The molecule has 0 saturated carbocycles. The molecule has 1 aromatic heterocycles. The molecule has 1 aromatic rings. The van der Waals surface area contributed by atoms with E-state index in [0.717, 1.165) is 9.52 Å². The second-order valence-electron chi connectivity index (χ2n) is 3.58. The number of hydrogen-bond acceptors (Lipinski definition) is 0. The highest BCUT2D eigenvalue weighted by atomic mass is 28.3. The van der Waals surface area contributed by atoms with Crippen LogP contribution in [-0.4, -0.2) is 23.3 Å². The molecule has 1 N–H and O–H groups in total. The van der Waals surface area contributed by atoms with Crippen LogP contribution in [0.5, 0.6) is 0 Å². The van der Waals surface area contributed by atoms with Gasteiger partial charge in [-0.3, -0.25) is 0 Å². The average Bonchev–Trinajstić information content (AvgIpc) is 2.55. The molecule has 1 heterocycles. The van der Waals surface area contributed by atoms with Crippen LogP contribution >= 0.6 is 0 Å². The van der Waals surface area contributed by atoms with E-state index in [-0.39, 0.29) is 0 Å². The summed E-state index contributed by atoms with van der Waals surface area (Å²) in [6.45, 7) is 9.45. The summed E-state index contributed by atoms with van der Waals surface area (Å²) in [6, 6.07) is 4.31. The SMILES string of the molecule is C[Si]C(C)(C)[Si](C)c1ccc[nH]1. The van der Waals surface area contributed by atoms with Gasteiger partial charge in [-0.25, -0.2) is 0 Å². The van der Waals surface area contributed by atoms with Gasteiger partial charge in [-0.15, -0.1) is 0 Å². The highest BCUT2D eigenvalue weighted by molar-refractivity contribution is 6.82. The minimum absolute atomic E-state index is 0.395. The third kappa shape index (κ3) is 1.90. The maximum absolute atomic E-state index is 3.33. The van der Waals surface area contributed by atoms with Crippen molar-refractivity contribution in [1.29, 1.82) is 0 Å². The van der Waals surface area contributed by atoms with Crippen molar-refractivity contribution in [1.82, 2.24) is 4.98 Å². The molecule has 0 aliphatic heterocycles. The Kier molecular flexibility index (Phi) is 2.96. The zero-order valence-electron chi connectivity index (χ0n) is 8.23. The quantitative estimate of drug-likeness (QED) is 0.707. The van der Waals surface area contributed by atoms with Crippen molar-refractivity contribution in [3.63, 3.8) is 0 Å². The third-order valence-corrected chi connectivity index (χ3v) is 8.68. The molecule has 12 heavy (non-hydrogen) atoms. The normalized spacial score (nSPS) is 12.4. The number of H-pyrrole nitrogens is 1. The van der Waals surface area contributed by atoms with E-state index in [0.29, 0.717) is 4.66 Å². The van der Waals surface area contributed by atoms with Crippen LogP contribution in [-0.2, 0) is 0 Å². The minimum Gasteiger partial charge on any atom is -0.369 e. The fourth-order valence-corrected chi connectivity index (χ4v) is 4.31. The van der Waals surface area contributed by atoms with Gasteiger partial charge in [-0.2, -0.15) is 0 Å². The van der Waals surface area contributed by atoms with E-state index in [1.807, 2.05) is 6.20 Å². The minimum atomic E-state index is -0.395. The largest absolute Gasteiger partial charge is 0.369 e. The zero-order valence-corrected chi connectivity index (χ0v) is 10.2. The van der Waals surface area contributed by atoms with Gasteiger partial charge in [0.2, 0.25) is 0 Å². The summed E-state index contributed by atoms with van der Waals surface area (Å²) >= 11 is 0. The molecular formula is C9H16NSi2. The van der Waals surface area contributed by atoms with Crippen LogP contribution in [0.25, 0.3) is 0 Å². The van der Waals surface area contributed by atoms with Crippen molar-refractivity contribution < 1.29 is 0 Å². The Bertz CT molecular complexity index is 229. The molecule has 0 saturated heterocycles. The second-order valence-corrected chi connectivity index (χ2v) is 8.87. The molecule has 0 atom stereocenters. The van der Waals surface area contributed by atoms with Crippen molar-refractivity contribution in [3.05, 3.63) is 18.3 Å². The molecule has 0 aliphatic rings. The molecule has 0 aliphatic carbocycles. The Hall–Kier alpha value is -0.286. The summed E-state index contributed by atoms with van der Waals surface area (Å²) < 4.78 is 0.523. The Morgan fingerprint density at radius 1 is 1.50 bits per heavy atom. The van der Waals surface area contributed by atoms with Gasteiger partial charge in [-0.05, 0) is 22.1 Å². The summed E-state index contributed by atoms with van der Waals surface area (Å²) in [6.07, 6.45) is 2.03. The van der Waals surface area contributed by atoms with Crippen molar-refractivity contribution in [2.45, 2.75) is 31.6 Å². The van der Waals surface area contributed by atoms with Gasteiger partial charge < -0.3 is 4.98 Å². The first kappa shape index (κ1) is 9.80. The zero-order chi connectivity index (χ0) is 9.19. The highest BCUT2D eigenvalue weighted by Gasteiger charge is 2.27. The number of aromatic nitrogens is 1. The monoisotopic (exact) mass is 194 g/mol. The molecule has 1 nitrogen and oxygen atoms in total. The lowest BCUT2D eigenvalue weighted by molar-refractivity contribution is 0.928. The Morgan fingerprint density at radius 2 is 2.17 bits per heavy atom. The second kappa shape index (κ2) is 3.62. The number of hydrogen-bond donors (Lipinski definition) is 1. The van der Waals surface area contributed by atoms with Gasteiger partial charge in [0, 0.05) is 15.7 Å². The van der Waals surface area contributed by atoms with Crippen molar-refractivity contribution in [3.8, 4) is 0 Å². The molecular weight excluding hydrogens is 178 g/mol. The molecule has 1 rings (SSSR count). The van der Waals surface area contributed by atoms with E-state index in [1.165, 1.54) is 5.32 Å². The fourth-order valence-electron chi connectivity index (χ4n) is 1.09. The van der Waals surface area contributed by atoms with E-state index in [2.05, 4.69) is 44.1 Å². The van der Waals surface area contributed by atoms with Crippen LogP contribution in [0.3, 0.4) is 0 Å². The summed E-state index contributed by atoms with van der Waals surface area (Å²) in [7, 11) is 0.634. The van der Waals surface area contributed by atoms with E-state index >= 15 is 0 Å². The first-order valence-corrected chi connectivity index (χ1v) is 7.74. The van der Waals surface area contributed by atoms with Crippen molar-refractivity contribution >= 4 is 23.6 Å². The molecule has 3 radical (unpaired) electrons. The van der Waals surface area contributed by atoms with E-state index in [1.54, 1.807) is 0 Å². The van der Waals surface area contributed by atoms with Gasteiger partial charge in [0.1, 0.15) is 8.80 Å². The Labute approximate surface area is 79.0 Å². The van der Waals surface area contributed by atoms with Gasteiger partial charge in [0.25, 0.3) is 0 Å². The topological polar surface area (TPSA) is 15.8 Å². The first-order valence-electron chi connectivity index (χ1n) is 4.24. The third-order valence-electron chi connectivity index (χ3n) is 2.56. The predicted molar refractivity (Wildman–Crippen MR) is 57.7 cm³/mol. The maximum atomic E-state index is 3.33. The number of nitrogens with one attached hydrogen (secondary N) is 1. The Balaban J connectivity index is 2.78. The lowest BCUT2D eigenvalue weighted by Crippen LogP contribution is -2.40. The van der Waals surface area contributed by atoms with Gasteiger partial charge in [0.05, 0.1) is 0 Å². The van der Waals surface area contributed by atoms with Gasteiger partial charge in [-0.1, -0.05) is 26.9 Å². The van der Waals surface area contributed by atoms with Crippen molar-refractivity contribution in [2.24, 2.45) is 0 Å². The van der Waals surface area contributed by atoms with E-state index < -0.39 is 8.80 Å². The summed E-state index contributed by atoms with van der Waals surface area (Å²) in [4.78, 5) is 3.33. The van der Waals surface area contributed by atoms with E-state index in [9.17, 15) is 0 Å². The molecule has 0 amide bonds. The number of aromatic amines is 1. The first-order chi connectivity index (χ1) is 5.58. The standard InChI is InChI=1S/C9H16NSi2/c1-9(2,11-3)12(4)8-6-5-7-10-8/h5-7,10H,1-4H3. The molecule has 0 fully saturated rings. The summed E-state index contributed by atoms with van der Waals surface area (Å²) in [5.41, 5.74) is 0. The smallest absolute Gasteiger partial charge is 0.107 e. The maximum Gasteiger partial charge on any atom is 0.107 e. The van der Waals surface area contributed by atoms with Crippen molar-refractivity contribution in [2.75, 3.05) is 0 Å². The Morgan fingerprint density at radius 3 is 2.58 bits per heavy atom. The lowest BCUT2D eigenvalue weighted by Gasteiger charge is -2.27. The number of rotatable bonds is 3. The molecule has 65 valence electrons. The lowest BCUT2D eigenvalue weighted by atomic mass is 10.5. The highest BCUT2D eigenvalue weighted by Crippen LogP contribution is 2.25. The van der Waals surface area contributed by atoms with E-state index in [4.69, 9.17) is 0 Å². The van der Waals surface area contributed by atoms with Crippen LogP contribution in [0.2, 0.25) is 17.8 Å². The van der Waals surface area contributed by atoms with Gasteiger partial charge >= 0.3 is 0 Å².